The first-order valence-electron chi connectivity index (χ1n) is 8.28. The Hall–Kier alpha value is -1.10. The first kappa shape index (κ1) is 16.3. The molecule has 120 valence electrons. The van der Waals surface area contributed by atoms with Gasteiger partial charge in [0, 0.05) is 19.5 Å². The first-order valence-corrected chi connectivity index (χ1v) is 8.28. The number of nitrogens with one attached hydrogen (secondary N) is 2. The SMILES string of the molecule is CC(C)C1C(=O)NCCN1C(=O)CC(C)C1CCCNC1. The Labute approximate surface area is 127 Å². The van der Waals surface area contributed by atoms with E-state index in [0.29, 0.717) is 31.3 Å². The predicted octanol–water partition coefficient (Wildman–Crippen LogP) is 0.995. The standard InChI is InChI=1S/C16H29N3O2/c1-11(2)15-16(21)18-7-8-19(15)14(20)9-12(3)13-5-4-6-17-10-13/h11-13,15,17H,4-10H2,1-3H3,(H,18,21). The van der Waals surface area contributed by atoms with Gasteiger partial charge in [0.05, 0.1) is 0 Å². The number of piperazine rings is 1. The van der Waals surface area contributed by atoms with E-state index in [9.17, 15) is 9.59 Å². The highest BCUT2D eigenvalue weighted by Crippen LogP contribution is 2.24. The van der Waals surface area contributed by atoms with Gasteiger partial charge in [-0.3, -0.25) is 9.59 Å². The van der Waals surface area contributed by atoms with Gasteiger partial charge in [0.1, 0.15) is 6.04 Å². The number of carbonyl (C=O) groups excluding carboxylic acids is 2. The van der Waals surface area contributed by atoms with Crippen molar-refractivity contribution in [1.82, 2.24) is 15.5 Å². The van der Waals surface area contributed by atoms with Crippen LogP contribution in [0.1, 0.15) is 40.0 Å². The molecular weight excluding hydrogens is 266 g/mol. The zero-order chi connectivity index (χ0) is 15.4. The number of hydrogen-bond donors (Lipinski definition) is 2. The molecule has 5 nitrogen and oxygen atoms in total. The van der Waals surface area contributed by atoms with Crippen molar-refractivity contribution in [3.05, 3.63) is 0 Å². The van der Waals surface area contributed by atoms with Crippen molar-refractivity contribution in [2.75, 3.05) is 26.2 Å². The van der Waals surface area contributed by atoms with Crippen LogP contribution < -0.4 is 10.6 Å². The lowest BCUT2D eigenvalue weighted by Gasteiger charge is -2.38. The maximum Gasteiger partial charge on any atom is 0.243 e. The third kappa shape index (κ3) is 3.96. The van der Waals surface area contributed by atoms with Gasteiger partial charge in [0.2, 0.25) is 11.8 Å². The molecule has 2 aliphatic rings. The Kier molecular flexibility index (Phi) is 5.62. The number of piperidine rings is 1. The van der Waals surface area contributed by atoms with E-state index in [1.54, 1.807) is 4.90 Å². The van der Waals surface area contributed by atoms with E-state index < -0.39 is 0 Å². The average molecular weight is 295 g/mol. The number of nitrogens with zero attached hydrogens (tertiary/aromatic N) is 1. The molecule has 2 aliphatic heterocycles. The van der Waals surface area contributed by atoms with Gasteiger partial charge in [0.25, 0.3) is 0 Å². The minimum atomic E-state index is -0.303. The van der Waals surface area contributed by atoms with Gasteiger partial charge in [-0.25, -0.2) is 0 Å². The van der Waals surface area contributed by atoms with Gasteiger partial charge in [-0.1, -0.05) is 20.8 Å². The molecule has 2 N–H and O–H groups in total. The van der Waals surface area contributed by atoms with Crippen molar-refractivity contribution in [2.45, 2.75) is 46.1 Å². The van der Waals surface area contributed by atoms with Crippen LogP contribution in [-0.2, 0) is 9.59 Å². The van der Waals surface area contributed by atoms with Gasteiger partial charge in [0.15, 0.2) is 0 Å². The smallest absolute Gasteiger partial charge is 0.243 e. The summed E-state index contributed by atoms with van der Waals surface area (Å²) in [6.07, 6.45) is 2.96. The van der Waals surface area contributed by atoms with Crippen LogP contribution in [-0.4, -0.2) is 48.9 Å². The van der Waals surface area contributed by atoms with Gasteiger partial charge in [-0.2, -0.15) is 0 Å². The molecule has 0 aliphatic carbocycles. The van der Waals surface area contributed by atoms with Crippen LogP contribution in [0.2, 0.25) is 0 Å². The topological polar surface area (TPSA) is 61.4 Å². The van der Waals surface area contributed by atoms with Crippen LogP contribution in [0, 0.1) is 17.8 Å². The third-order valence-electron chi connectivity index (χ3n) is 4.84. The molecule has 2 amide bonds. The van der Waals surface area contributed by atoms with Crippen LogP contribution in [0.3, 0.4) is 0 Å². The summed E-state index contributed by atoms with van der Waals surface area (Å²) in [5.41, 5.74) is 0. The molecule has 3 atom stereocenters. The Morgan fingerprint density at radius 1 is 1.33 bits per heavy atom. The molecular formula is C16H29N3O2. The maximum absolute atomic E-state index is 12.6. The largest absolute Gasteiger partial charge is 0.353 e. The number of amides is 2. The van der Waals surface area contributed by atoms with E-state index in [1.807, 2.05) is 13.8 Å². The Morgan fingerprint density at radius 3 is 2.71 bits per heavy atom. The van der Waals surface area contributed by atoms with E-state index in [0.717, 1.165) is 13.1 Å². The highest BCUT2D eigenvalue weighted by atomic mass is 16.2. The van der Waals surface area contributed by atoms with Crippen LogP contribution in [0.5, 0.6) is 0 Å². The molecule has 0 aromatic rings. The monoisotopic (exact) mass is 295 g/mol. The number of rotatable bonds is 4. The minimum Gasteiger partial charge on any atom is -0.353 e. The summed E-state index contributed by atoms with van der Waals surface area (Å²) in [4.78, 5) is 26.5. The molecule has 0 aromatic heterocycles. The second kappa shape index (κ2) is 7.25. The molecule has 0 saturated carbocycles. The van der Waals surface area contributed by atoms with E-state index in [1.165, 1.54) is 12.8 Å². The summed E-state index contributed by atoms with van der Waals surface area (Å²) in [7, 11) is 0. The van der Waals surface area contributed by atoms with Gasteiger partial charge >= 0.3 is 0 Å². The van der Waals surface area contributed by atoms with Crippen molar-refractivity contribution >= 4 is 11.8 Å². The summed E-state index contributed by atoms with van der Waals surface area (Å²) in [5.74, 6) is 1.25. The van der Waals surface area contributed by atoms with Crippen molar-refractivity contribution in [3.63, 3.8) is 0 Å². The summed E-state index contributed by atoms with van der Waals surface area (Å²) in [5, 5.41) is 6.29. The molecule has 0 radical (unpaired) electrons. The van der Waals surface area contributed by atoms with E-state index in [-0.39, 0.29) is 23.8 Å². The fourth-order valence-corrected chi connectivity index (χ4v) is 3.55. The predicted molar refractivity (Wildman–Crippen MR) is 82.7 cm³/mol. The molecule has 0 bridgehead atoms. The van der Waals surface area contributed by atoms with E-state index in [4.69, 9.17) is 0 Å². The van der Waals surface area contributed by atoms with Crippen LogP contribution in [0.15, 0.2) is 0 Å². The Balaban J connectivity index is 1.95. The van der Waals surface area contributed by atoms with Gasteiger partial charge in [-0.15, -0.1) is 0 Å². The fraction of sp³-hybridized carbons (Fsp3) is 0.875. The minimum absolute atomic E-state index is 0.00316. The molecule has 0 spiro atoms. The fourth-order valence-electron chi connectivity index (χ4n) is 3.55. The lowest BCUT2D eigenvalue weighted by molar-refractivity contribution is -0.146. The van der Waals surface area contributed by atoms with Crippen LogP contribution in [0.25, 0.3) is 0 Å². The molecule has 2 heterocycles. The van der Waals surface area contributed by atoms with Crippen molar-refractivity contribution in [1.29, 1.82) is 0 Å². The zero-order valence-electron chi connectivity index (χ0n) is 13.5. The van der Waals surface area contributed by atoms with Gasteiger partial charge < -0.3 is 15.5 Å². The molecule has 2 rings (SSSR count). The summed E-state index contributed by atoms with van der Waals surface area (Å²) < 4.78 is 0. The molecule has 3 unspecified atom stereocenters. The molecule has 2 fully saturated rings. The normalized spacial score (nSPS) is 28.4. The highest BCUT2D eigenvalue weighted by molar-refractivity contribution is 5.89. The van der Waals surface area contributed by atoms with E-state index >= 15 is 0 Å². The summed E-state index contributed by atoms with van der Waals surface area (Å²) in [6.45, 7) is 9.51. The Bertz CT molecular complexity index is 378. The second-order valence-corrected chi connectivity index (χ2v) is 6.85. The quantitative estimate of drug-likeness (QED) is 0.813. The van der Waals surface area contributed by atoms with Crippen molar-refractivity contribution < 1.29 is 9.59 Å². The third-order valence-corrected chi connectivity index (χ3v) is 4.84. The summed E-state index contributed by atoms with van der Waals surface area (Å²) >= 11 is 0. The second-order valence-electron chi connectivity index (χ2n) is 6.85. The van der Waals surface area contributed by atoms with Crippen LogP contribution >= 0.6 is 0 Å². The number of hydrogen-bond acceptors (Lipinski definition) is 3. The summed E-state index contributed by atoms with van der Waals surface area (Å²) in [6, 6.07) is -0.303. The first-order chi connectivity index (χ1) is 10.0. The highest BCUT2D eigenvalue weighted by Gasteiger charge is 2.36. The van der Waals surface area contributed by atoms with E-state index in [2.05, 4.69) is 17.6 Å². The molecule has 21 heavy (non-hydrogen) atoms. The number of carbonyl (C=O) groups is 2. The van der Waals surface area contributed by atoms with Crippen LogP contribution in [0.4, 0.5) is 0 Å². The lowest BCUT2D eigenvalue weighted by Crippen LogP contribution is -2.59. The maximum atomic E-state index is 12.6. The molecule has 5 heteroatoms. The van der Waals surface area contributed by atoms with Crippen molar-refractivity contribution in [3.8, 4) is 0 Å². The van der Waals surface area contributed by atoms with Gasteiger partial charge in [-0.05, 0) is 43.7 Å². The Morgan fingerprint density at radius 2 is 2.10 bits per heavy atom. The zero-order valence-corrected chi connectivity index (χ0v) is 13.5. The molecule has 2 saturated heterocycles. The average Bonchev–Trinajstić information content (AvgIpc) is 2.47. The van der Waals surface area contributed by atoms with Crippen molar-refractivity contribution in [2.24, 2.45) is 17.8 Å². The lowest BCUT2D eigenvalue weighted by atomic mass is 9.85. The molecule has 0 aromatic carbocycles.